The summed E-state index contributed by atoms with van der Waals surface area (Å²) < 4.78 is 38.1. The molecule has 0 fully saturated rings. The van der Waals surface area contributed by atoms with E-state index in [0.29, 0.717) is 6.42 Å². The van der Waals surface area contributed by atoms with Crippen LogP contribution < -0.4 is 10.0 Å². The Labute approximate surface area is 220 Å². The third-order valence-electron chi connectivity index (χ3n) is 6.20. The molecule has 1 heterocycles. The van der Waals surface area contributed by atoms with Gasteiger partial charge < -0.3 is 10.1 Å². The number of nitrogens with one attached hydrogen (secondary N) is 2. The van der Waals surface area contributed by atoms with Gasteiger partial charge in [0.15, 0.2) is 0 Å². The van der Waals surface area contributed by atoms with Gasteiger partial charge in [-0.3, -0.25) is 18.9 Å². The first-order valence-electron chi connectivity index (χ1n) is 12.0. The molecule has 11 heteroatoms. The number of benzene rings is 2. The van der Waals surface area contributed by atoms with E-state index >= 15 is 0 Å². The number of fused-ring (bicyclic) bond motifs is 1. The fourth-order valence-corrected chi connectivity index (χ4v) is 6.00. The average molecular weight is 544 g/mol. The molecule has 3 N–H and O–H groups in total. The monoisotopic (exact) mass is 543 g/mol. The molecule has 0 radical (unpaired) electrons. The van der Waals surface area contributed by atoms with E-state index in [1.807, 2.05) is 35.1 Å². The zero-order chi connectivity index (χ0) is 26.4. The third-order valence-corrected chi connectivity index (χ3v) is 7.97. The van der Waals surface area contributed by atoms with Crippen molar-refractivity contribution in [3.8, 4) is 0 Å². The molecule has 0 aliphatic heterocycles. The Bertz CT molecular complexity index is 1320. The van der Waals surface area contributed by atoms with Crippen LogP contribution in [0.15, 0.2) is 54.6 Å². The van der Waals surface area contributed by atoms with Crippen LogP contribution in [0.25, 0.3) is 0 Å². The number of nitrogens with zero attached hydrogens (tertiary/aromatic N) is 1. The molecule has 0 bridgehead atoms. The molecule has 196 valence electrons. The lowest BCUT2D eigenvalue weighted by Gasteiger charge is -2.21. The minimum atomic E-state index is -4.38. The highest BCUT2D eigenvalue weighted by Gasteiger charge is 2.31. The van der Waals surface area contributed by atoms with Gasteiger partial charge in [0.1, 0.15) is 10.9 Å². The van der Waals surface area contributed by atoms with Gasteiger partial charge in [-0.05, 0) is 61.8 Å². The molecule has 37 heavy (non-hydrogen) atoms. The number of ether oxygens (including phenoxy) is 1. The van der Waals surface area contributed by atoms with E-state index in [-0.39, 0.29) is 12.1 Å². The second kappa shape index (κ2) is 11.8. The highest BCUT2D eigenvalue weighted by molar-refractivity contribution is 7.87. The molecule has 1 amide bonds. The first kappa shape index (κ1) is 26.8. The van der Waals surface area contributed by atoms with E-state index in [1.54, 1.807) is 23.5 Å². The average Bonchev–Trinajstić information content (AvgIpc) is 3.31. The number of aryl methyl sites for hydroxylation is 2. The van der Waals surface area contributed by atoms with Gasteiger partial charge in [-0.2, -0.15) is 8.42 Å². The molecule has 1 aromatic heterocycles. The maximum atomic E-state index is 13.4. The van der Waals surface area contributed by atoms with Gasteiger partial charge in [0.2, 0.25) is 5.91 Å². The Balaban J connectivity index is 1.58. The summed E-state index contributed by atoms with van der Waals surface area (Å²) in [5.74, 6) is -2.08. The number of hydrogen-bond donors (Lipinski definition) is 3. The number of carbonyl (C=O) groups excluding carboxylic acids is 2. The minimum absolute atomic E-state index is 0.205. The molecule has 1 aliphatic rings. The van der Waals surface area contributed by atoms with Crippen molar-refractivity contribution in [3.63, 3.8) is 0 Å². The number of esters is 1. The van der Waals surface area contributed by atoms with E-state index in [4.69, 9.17) is 14.3 Å². The fraction of sp³-hybridized carbons (Fsp3) is 0.346. The fourth-order valence-electron chi connectivity index (χ4n) is 4.36. The van der Waals surface area contributed by atoms with Gasteiger partial charge in [0.25, 0.3) is 0 Å². The summed E-state index contributed by atoms with van der Waals surface area (Å²) in [6, 6.07) is 15.3. The maximum Gasteiger partial charge on any atom is 0.357 e. The summed E-state index contributed by atoms with van der Waals surface area (Å²) in [5, 5.41) is 3.80. The molecule has 0 saturated carbocycles. The molecule has 0 saturated heterocycles. The standard InChI is InChI=1S/C26H29N3O6S2/c1-35-26(31)20(15-17-7-3-2-4-8-17)24(30)27-22(25-28-21-9-5-6-10-23(21)36-25)16-18-11-13-19(14-12-18)29-37(32,33)34/h2-4,7-8,11-14,20,22,29H,5-6,9-10,15-16H2,1H3,(H,27,30)(H,32,33,34)/t20-,22-/m0/s1. The topological polar surface area (TPSA) is 135 Å². The number of rotatable bonds is 10. The largest absolute Gasteiger partial charge is 0.468 e. The van der Waals surface area contributed by atoms with E-state index in [9.17, 15) is 18.0 Å². The van der Waals surface area contributed by atoms with E-state index < -0.39 is 34.1 Å². The van der Waals surface area contributed by atoms with Gasteiger partial charge >= 0.3 is 16.3 Å². The predicted molar refractivity (Wildman–Crippen MR) is 141 cm³/mol. The maximum absolute atomic E-state index is 13.4. The Morgan fingerprint density at radius 3 is 2.35 bits per heavy atom. The first-order chi connectivity index (χ1) is 17.7. The van der Waals surface area contributed by atoms with Crippen molar-refractivity contribution in [2.45, 2.75) is 44.6 Å². The van der Waals surface area contributed by atoms with Crippen LogP contribution in [-0.4, -0.2) is 36.9 Å². The summed E-state index contributed by atoms with van der Waals surface area (Å²) in [7, 11) is -3.11. The number of methoxy groups -OCH3 is 1. The van der Waals surface area contributed by atoms with Crippen LogP contribution in [0.2, 0.25) is 0 Å². The van der Waals surface area contributed by atoms with Crippen molar-refractivity contribution in [3.05, 3.63) is 81.3 Å². The number of aromatic nitrogens is 1. The summed E-state index contributed by atoms with van der Waals surface area (Å²) in [6.07, 6.45) is 4.63. The zero-order valence-corrected chi connectivity index (χ0v) is 22.0. The van der Waals surface area contributed by atoms with Gasteiger partial charge in [0, 0.05) is 4.88 Å². The second-order valence-corrected chi connectivity index (χ2v) is 11.2. The molecular formula is C26H29N3O6S2. The van der Waals surface area contributed by atoms with E-state index in [0.717, 1.165) is 47.5 Å². The van der Waals surface area contributed by atoms with Crippen LogP contribution in [0.4, 0.5) is 5.69 Å². The lowest BCUT2D eigenvalue weighted by molar-refractivity contribution is -0.150. The molecule has 0 unspecified atom stereocenters. The number of thiazole rings is 1. The summed E-state index contributed by atoms with van der Waals surface area (Å²) >= 11 is 1.58. The molecule has 3 aromatic rings. The second-order valence-electron chi connectivity index (χ2n) is 8.93. The lowest BCUT2D eigenvalue weighted by Crippen LogP contribution is -2.40. The predicted octanol–water partition coefficient (Wildman–Crippen LogP) is 3.67. The van der Waals surface area contributed by atoms with Crippen LogP contribution in [0, 0.1) is 5.92 Å². The molecule has 9 nitrogen and oxygen atoms in total. The van der Waals surface area contributed by atoms with Crippen molar-refractivity contribution < 1.29 is 27.3 Å². The normalized spacial score (nSPS) is 14.8. The highest BCUT2D eigenvalue weighted by atomic mass is 32.2. The van der Waals surface area contributed by atoms with Crippen molar-refractivity contribution in [2.24, 2.45) is 5.92 Å². The van der Waals surface area contributed by atoms with Crippen LogP contribution in [0.5, 0.6) is 0 Å². The molecule has 2 atom stereocenters. The molecule has 0 spiro atoms. The lowest BCUT2D eigenvalue weighted by atomic mass is 9.97. The van der Waals surface area contributed by atoms with Crippen LogP contribution in [-0.2, 0) is 50.3 Å². The summed E-state index contributed by atoms with van der Waals surface area (Å²) in [6.45, 7) is 0. The van der Waals surface area contributed by atoms with Crippen molar-refractivity contribution >= 4 is 39.2 Å². The molecule has 2 aromatic carbocycles. The zero-order valence-electron chi connectivity index (χ0n) is 20.3. The van der Waals surface area contributed by atoms with Crippen molar-refractivity contribution in [1.82, 2.24) is 10.3 Å². The van der Waals surface area contributed by atoms with Crippen LogP contribution in [0.3, 0.4) is 0 Å². The van der Waals surface area contributed by atoms with Crippen LogP contribution in [0.1, 0.15) is 45.6 Å². The number of carbonyl (C=O) groups is 2. The highest BCUT2D eigenvalue weighted by Crippen LogP contribution is 2.32. The Morgan fingerprint density at radius 2 is 1.70 bits per heavy atom. The van der Waals surface area contributed by atoms with Gasteiger partial charge in [-0.15, -0.1) is 11.3 Å². The molecular weight excluding hydrogens is 514 g/mol. The number of hydrogen-bond acceptors (Lipinski definition) is 7. The first-order valence-corrected chi connectivity index (χ1v) is 14.2. The van der Waals surface area contributed by atoms with E-state index in [1.165, 1.54) is 24.1 Å². The Morgan fingerprint density at radius 1 is 1.03 bits per heavy atom. The minimum Gasteiger partial charge on any atom is -0.468 e. The van der Waals surface area contributed by atoms with Gasteiger partial charge in [0.05, 0.1) is 24.5 Å². The molecule has 1 aliphatic carbocycles. The Hall–Kier alpha value is -3.28. The van der Waals surface area contributed by atoms with Crippen LogP contribution >= 0.6 is 11.3 Å². The smallest absolute Gasteiger partial charge is 0.357 e. The van der Waals surface area contributed by atoms with E-state index in [2.05, 4.69) is 5.32 Å². The van der Waals surface area contributed by atoms with Crippen molar-refractivity contribution in [1.29, 1.82) is 0 Å². The Kier molecular flexibility index (Phi) is 8.57. The number of amides is 1. The number of anilines is 1. The van der Waals surface area contributed by atoms with Gasteiger partial charge in [-0.1, -0.05) is 42.5 Å². The third kappa shape index (κ3) is 7.37. The summed E-state index contributed by atoms with van der Waals surface area (Å²) in [4.78, 5) is 32.1. The quantitative estimate of drug-likeness (QED) is 0.202. The summed E-state index contributed by atoms with van der Waals surface area (Å²) in [5.41, 5.74) is 2.94. The SMILES string of the molecule is COC(=O)[C@@H](Cc1ccccc1)C(=O)N[C@@H](Cc1ccc(NS(=O)(=O)O)cc1)c1nc2c(s1)CCCC2. The van der Waals surface area contributed by atoms with Gasteiger partial charge in [-0.25, -0.2) is 4.98 Å². The van der Waals surface area contributed by atoms with Crippen molar-refractivity contribution in [2.75, 3.05) is 11.8 Å². The molecule has 4 rings (SSSR count).